The topological polar surface area (TPSA) is 53.5 Å². The number of aromatic nitrogens is 2. The number of benzene rings is 1. The smallest absolute Gasteiger partial charge is 0.224 e. The fourth-order valence-corrected chi connectivity index (χ4v) is 3.09. The molecular formula is C21H29N5O. The molecule has 0 unspecified atom stereocenters. The Morgan fingerprint density at radius 2 is 1.93 bits per heavy atom. The second-order valence-electron chi connectivity index (χ2n) is 6.61. The summed E-state index contributed by atoms with van der Waals surface area (Å²) in [6.45, 7) is 6.60. The molecule has 0 aliphatic carbocycles. The fourth-order valence-electron chi connectivity index (χ4n) is 3.09. The molecule has 0 spiro atoms. The Balaban J connectivity index is 1.44. The molecule has 0 saturated carbocycles. The number of piperazine rings is 1. The van der Waals surface area contributed by atoms with Crippen LogP contribution < -0.4 is 10.2 Å². The number of rotatable bonds is 9. The molecule has 1 aromatic heterocycles. The second-order valence-corrected chi connectivity index (χ2v) is 6.61. The lowest BCUT2D eigenvalue weighted by atomic mass is 10.2. The third-order valence-electron chi connectivity index (χ3n) is 4.62. The third kappa shape index (κ3) is 6.34. The first kappa shape index (κ1) is 19.3. The van der Waals surface area contributed by atoms with Crippen LogP contribution in [0.2, 0.25) is 0 Å². The van der Waals surface area contributed by atoms with E-state index in [9.17, 15) is 0 Å². The highest BCUT2D eigenvalue weighted by molar-refractivity contribution is 5.49. The van der Waals surface area contributed by atoms with Gasteiger partial charge in [0.2, 0.25) is 5.95 Å². The van der Waals surface area contributed by atoms with E-state index in [4.69, 9.17) is 4.74 Å². The normalized spacial score (nSPS) is 15.4. The van der Waals surface area contributed by atoms with E-state index < -0.39 is 0 Å². The minimum atomic E-state index is 0.692. The van der Waals surface area contributed by atoms with Gasteiger partial charge in [-0.3, -0.25) is 4.90 Å². The first-order valence-electron chi connectivity index (χ1n) is 9.60. The van der Waals surface area contributed by atoms with E-state index in [2.05, 4.69) is 61.5 Å². The van der Waals surface area contributed by atoms with Gasteiger partial charge in [-0.2, -0.15) is 4.98 Å². The van der Waals surface area contributed by atoms with Crippen molar-refractivity contribution in [2.45, 2.75) is 6.42 Å². The minimum Gasteiger partial charge on any atom is -0.385 e. The fraction of sp³-hybridized carbons (Fsp3) is 0.429. The predicted octanol–water partition coefficient (Wildman–Crippen LogP) is 2.76. The molecule has 144 valence electrons. The number of nitrogens with zero attached hydrogens (tertiary/aromatic N) is 4. The molecule has 0 atom stereocenters. The van der Waals surface area contributed by atoms with Crippen molar-refractivity contribution in [3.63, 3.8) is 0 Å². The standard InChI is InChI=1S/C21H29N5O/c1-27-18-6-11-22-21-23-12-10-20(24-21)26-16-14-25(15-17-26)13-5-9-19-7-3-2-4-8-19/h2-5,7-10,12H,6,11,13-18H2,1H3,(H,22,23,24)/b9-5+. The zero-order valence-corrected chi connectivity index (χ0v) is 16.1. The summed E-state index contributed by atoms with van der Waals surface area (Å²) < 4.78 is 5.06. The van der Waals surface area contributed by atoms with E-state index >= 15 is 0 Å². The van der Waals surface area contributed by atoms with Gasteiger partial charge >= 0.3 is 0 Å². The van der Waals surface area contributed by atoms with E-state index in [1.807, 2.05) is 18.3 Å². The third-order valence-corrected chi connectivity index (χ3v) is 4.62. The van der Waals surface area contributed by atoms with Gasteiger partial charge in [-0.1, -0.05) is 42.5 Å². The largest absolute Gasteiger partial charge is 0.385 e. The van der Waals surface area contributed by atoms with Gasteiger partial charge in [0.05, 0.1) is 0 Å². The Morgan fingerprint density at radius 3 is 2.70 bits per heavy atom. The number of ether oxygens (including phenoxy) is 1. The van der Waals surface area contributed by atoms with Crippen LogP contribution >= 0.6 is 0 Å². The molecular weight excluding hydrogens is 338 g/mol. The Labute approximate surface area is 161 Å². The number of anilines is 2. The number of hydrogen-bond donors (Lipinski definition) is 1. The van der Waals surface area contributed by atoms with Crippen molar-refractivity contribution in [2.75, 3.05) is 63.2 Å². The van der Waals surface area contributed by atoms with Crippen molar-refractivity contribution in [2.24, 2.45) is 0 Å². The molecule has 1 N–H and O–H groups in total. The summed E-state index contributed by atoms with van der Waals surface area (Å²) in [5.41, 5.74) is 1.25. The Bertz CT molecular complexity index is 699. The molecule has 2 heterocycles. The molecule has 1 aliphatic heterocycles. The summed E-state index contributed by atoms with van der Waals surface area (Å²) in [5.74, 6) is 1.69. The van der Waals surface area contributed by atoms with Crippen LogP contribution in [-0.4, -0.2) is 67.9 Å². The maximum Gasteiger partial charge on any atom is 0.224 e. The Morgan fingerprint density at radius 1 is 1.11 bits per heavy atom. The van der Waals surface area contributed by atoms with Crippen molar-refractivity contribution < 1.29 is 4.74 Å². The molecule has 1 fully saturated rings. The molecule has 0 amide bonds. The molecule has 1 aromatic carbocycles. The van der Waals surface area contributed by atoms with Crippen LogP contribution in [0.3, 0.4) is 0 Å². The lowest BCUT2D eigenvalue weighted by molar-refractivity contribution is 0.197. The van der Waals surface area contributed by atoms with Crippen LogP contribution in [-0.2, 0) is 4.74 Å². The number of methoxy groups -OCH3 is 1. The average Bonchev–Trinajstić information content (AvgIpc) is 2.73. The van der Waals surface area contributed by atoms with Gasteiger partial charge < -0.3 is 15.0 Å². The summed E-state index contributed by atoms with van der Waals surface area (Å²) >= 11 is 0. The van der Waals surface area contributed by atoms with E-state index in [1.165, 1.54) is 5.56 Å². The zero-order chi connectivity index (χ0) is 18.7. The van der Waals surface area contributed by atoms with E-state index in [1.54, 1.807) is 7.11 Å². The van der Waals surface area contributed by atoms with Gasteiger partial charge in [-0.05, 0) is 18.1 Å². The first-order valence-corrected chi connectivity index (χ1v) is 9.60. The predicted molar refractivity (Wildman–Crippen MR) is 111 cm³/mol. The highest BCUT2D eigenvalue weighted by atomic mass is 16.5. The SMILES string of the molecule is COCCCNc1nccc(N2CCN(C/C=C/c3ccccc3)CC2)n1. The van der Waals surface area contributed by atoms with Gasteiger partial charge in [-0.15, -0.1) is 0 Å². The second kappa shape index (κ2) is 10.6. The van der Waals surface area contributed by atoms with Crippen LogP contribution in [0, 0.1) is 0 Å². The number of nitrogens with one attached hydrogen (secondary N) is 1. The van der Waals surface area contributed by atoms with Crippen LogP contribution in [0.5, 0.6) is 0 Å². The van der Waals surface area contributed by atoms with Crippen LogP contribution in [0.4, 0.5) is 11.8 Å². The molecule has 6 nitrogen and oxygen atoms in total. The van der Waals surface area contributed by atoms with E-state index in [0.29, 0.717) is 5.95 Å². The van der Waals surface area contributed by atoms with Crippen molar-refractivity contribution in [3.8, 4) is 0 Å². The molecule has 0 bridgehead atoms. The van der Waals surface area contributed by atoms with Crippen LogP contribution in [0.1, 0.15) is 12.0 Å². The maximum absolute atomic E-state index is 5.06. The van der Waals surface area contributed by atoms with Gasteiger partial charge in [0, 0.05) is 59.2 Å². The van der Waals surface area contributed by atoms with Crippen LogP contribution in [0.15, 0.2) is 48.7 Å². The van der Waals surface area contributed by atoms with E-state index in [0.717, 1.165) is 58.1 Å². The van der Waals surface area contributed by atoms with Gasteiger partial charge in [0.15, 0.2) is 0 Å². The molecule has 6 heteroatoms. The monoisotopic (exact) mass is 367 g/mol. The highest BCUT2D eigenvalue weighted by Gasteiger charge is 2.17. The molecule has 0 radical (unpaired) electrons. The molecule has 2 aromatic rings. The van der Waals surface area contributed by atoms with Gasteiger partial charge in [-0.25, -0.2) is 4.98 Å². The minimum absolute atomic E-state index is 0.692. The summed E-state index contributed by atoms with van der Waals surface area (Å²) in [6.07, 6.45) is 7.21. The highest BCUT2D eigenvalue weighted by Crippen LogP contribution is 2.15. The van der Waals surface area contributed by atoms with Crippen molar-refractivity contribution in [1.82, 2.24) is 14.9 Å². The summed E-state index contributed by atoms with van der Waals surface area (Å²) in [7, 11) is 1.72. The van der Waals surface area contributed by atoms with Gasteiger partial charge in [0.25, 0.3) is 0 Å². The Kier molecular flexibility index (Phi) is 7.62. The van der Waals surface area contributed by atoms with E-state index in [-0.39, 0.29) is 0 Å². The lowest BCUT2D eigenvalue weighted by Gasteiger charge is -2.34. The summed E-state index contributed by atoms with van der Waals surface area (Å²) in [6, 6.07) is 12.4. The summed E-state index contributed by atoms with van der Waals surface area (Å²) in [5, 5.41) is 3.26. The molecule has 1 saturated heterocycles. The average molecular weight is 367 g/mol. The Hall–Kier alpha value is -2.44. The molecule has 27 heavy (non-hydrogen) atoms. The first-order chi connectivity index (χ1) is 13.3. The molecule has 3 rings (SSSR count). The van der Waals surface area contributed by atoms with Crippen LogP contribution in [0.25, 0.3) is 6.08 Å². The summed E-state index contributed by atoms with van der Waals surface area (Å²) in [4.78, 5) is 13.8. The zero-order valence-electron chi connectivity index (χ0n) is 16.1. The van der Waals surface area contributed by atoms with Gasteiger partial charge in [0.1, 0.15) is 5.82 Å². The quantitative estimate of drug-likeness (QED) is 0.688. The molecule has 1 aliphatic rings. The van der Waals surface area contributed by atoms with Crippen molar-refractivity contribution in [1.29, 1.82) is 0 Å². The lowest BCUT2D eigenvalue weighted by Crippen LogP contribution is -2.46. The number of hydrogen-bond acceptors (Lipinski definition) is 6. The van der Waals surface area contributed by atoms with Crippen molar-refractivity contribution in [3.05, 3.63) is 54.2 Å². The van der Waals surface area contributed by atoms with Crippen molar-refractivity contribution >= 4 is 17.8 Å². The maximum atomic E-state index is 5.06.